The molecule has 1 unspecified atom stereocenters. The van der Waals surface area contributed by atoms with Gasteiger partial charge in [-0.05, 0) is 30.5 Å². The molecule has 0 radical (unpaired) electrons. The lowest BCUT2D eigenvalue weighted by molar-refractivity contribution is -0.275. The fourth-order valence-corrected chi connectivity index (χ4v) is 7.96. The number of ether oxygens (including phenoxy) is 1. The second kappa shape index (κ2) is 9.11. The van der Waals surface area contributed by atoms with E-state index < -0.39 is 32.1 Å². The standard InChI is InChI=1S/C20H26F4O2Si/c1-3-10-27(2)11-8-16(9-12-27)13-17(25)6-4-15-5-7-19(18(21)14-15)26-20(22,23)24/h5,7,14,16-17,25H,3,8-13H2,1-2H3. The number of halogens is 4. The summed E-state index contributed by atoms with van der Waals surface area (Å²) in [6.07, 6.45) is -1.69. The highest BCUT2D eigenvalue weighted by atomic mass is 28.3. The van der Waals surface area contributed by atoms with Crippen molar-refractivity contribution in [3.05, 3.63) is 29.6 Å². The van der Waals surface area contributed by atoms with E-state index >= 15 is 0 Å². The Balaban J connectivity index is 1.89. The van der Waals surface area contributed by atoms with Crippen molar-refractivity contribution in [3.8, 4) is 17.6 Å². The fraction of sp³-hybridized carbons (Fsp3) is 0.600. The number of aliphatic hydroxyl groups excluding tert-OH is 1. The Morgan fingerprint density at radius 2 is 1.96 bits per heavy atom. The molecule has 0 bridgehead atoms. The van der Waals surface area contributed by atoms with E-state index in [4.69, 9.17) is 0 Å². The molecule has 0 spiro atoms. The highest BCUT2D eigenvalue weighted by molar-refractivity contribution is 6.78. The number of rotatable bonds is 5. The molecule has 1 aromatic rings. The quantitative estimate of drug-likeness (QED) is 0.387. The smallest absolute Gasteiger partial charge is 0.403 e. The first-order valence-electron chi connectivity index (χ1n) is 9.35. The molecule has 1 N–H and O–H groups in total. The summed E-state index contributed by atoms with van der Waals surface area (Å²) in [5, 5.41) is 10.1. The van der Waals surface area contributed by atoms with E-state index in [-0.39, 0.29) is 5.56 Å². The van der Waals surface area contributed by atoms with E-state index in [1.165, 1.54) is 30.6 Å². The summed E-state index contributed by atoms with van der Waals surface area (Å²) in [5.41, 5.74) is 0.202. The molecule has 0 aliphatic carbocycles. The SMILES string of the molecule is CCC[Si]1(C)CCC(CC(O)C#Cc2ccc(OC(F)(F)F)c(F)c2)CC1. The molecular weight excluding hydrogens is 376 g/mol. The molecule has 7 heteroatoms. The zero-order chi connectivity index (χ0) is 20.1. The molecule has 27 heavy (non-hydrogen) atoms. The summed E-state index contributed by atoms with van der Waals surface area (Å²) in [6, 6.07) is 6.95. The third-order valence-corrected chi connectivity index (χ3v) is 9.96. The molecule has 1 saturated heterocycles. The Morgan fingerprint density at radius 3 is 2.52 bits per heavy atom. The van der Waals surface area contributed by atoms with Crippen LogP contribution in [0.5, 0.6) is 5.75 Å². The first-order chi connectivity index (χ1) is 12.6. The maximum absolute atomic E-state index is 13.7. The van der Waals surface area contributed by atoms with Crippen LogP contribution in [-0.2, 0) is 0 Å². The van der Waals surface area contributed by atoms with E-state index in [1.807, 2.05) is 0 Å². The first-order valence-corrected chi connectivity index (χ1v) is 12.5. The van der Waals surface area contributed by atoms with Crippen LogP contribution in [0.3, 0.4) is 0 Å². The molecule has 1 aliphatic heterocycles. The average molecular weight is 403 g/mol. The Kier molecular flexibility index (Phi) is 7.35. The van der Waals surface area contributed by atoms with Gasteiger partial charge in [0.05, 0.1) is 8.07 Å². The molecular formula is C20H26F4O2Si. The van der Waals surface area contributed by atoms with Gasteiger partial charge in [-0.3, -0.25) is 0 Å². The third kappa shape index (κ3) is 7.19. The normalized spacial score (nSPS) is 24.0. The van der Waals surface area contributed by atoms with Gasteiger partial charge in [0, 0.05) is 5.56 Å². The van der Waals surface area contributed by atoms with Crippen molar-refractivity contribution in [1.82, 2.24) is 0 Å². The molecule has 1 aromatic carbocycles. The van der Waals surface area contributed by atoms with Crippen molar-refractivity contribution in [1.29, 1.82) is 0 Å². The van der Waals surface area contributed by atoms with Crippen molar-refractivity contribution >= 4 is 8.07 Å². The van der Waals surface area contributed by atoms with Gasteiger partial charge in [0.15, 0.2) is 11.6 Å². The van der Waals surface area contributed by atoms with Crippen molar-refractivity contribution in [2.45, 2.75) is 69.8 Å². The van der Waals surface area contributed by atoms with E-state index in [0.717, 1.165) is 25.0 Å². The van der Waals surface area contributed by atoms with Crippen LogP contribution < -0.4 is 4.74 Å². The lowest BCUT2D eigenvalue weighted by Gasteiger charge is -2.36. The highest BCUT2D eigenvalue weighted by Crippen LogP contribution is 2.37. The van der Waals surface area contributed by atoms with E-state index in [0.29, 0.717) is 12.3 Å². The molecule has 2 rings (SSSR count). The minimum atomic E-state index is -4.94. The molecule has 1 heterocycles. The molecule has 1 aliphatic rings. The molecule has 150 valence electrons. The molecule has 0 amide bonds. The number of alkyl halides is 3. The minimum absolute atomic E-state index is 0.202. The molecule has 0 aromatic heterocycles. The van der Waals surface area contributed by atoms with Gasteiger partial charge in [0.1, 0.15) is 6.10 Å². The Morgan fingerprint density at radius 1 is 1.30 bits per heavy atom. The summed E-state index contributed by atoms with van der Waals surface area (Å²) in [7, 11) is -1.08. The largest absolute Gasteiger partial charge is 0.573 e. The van der Waals surface area contributed by atoms with Crippen LogP contribution in [0.4, 0.5) is 17.6 Å². The Hall–Kier alpha value is -1.52. The van der Waals surface area contributed by atoms with Crippen molar-refractivity contribution in [2.75, 3.05) is 0 Å². The van der Waals surface area contributed by atoms with Gasteiger partial charge in [-0.15, -0.1) is 13.2 Å². The Bertz CT molecular complexity index is 685. The third-order valence-electron chi connectivity index (χ3n) is 5.26. The lowest BCUT2D eigenvalue weighted by atomic mass is 9.95. The number of hydrogen-bond donors (Lipinski definition) is 1. The van der Waals surface area contributed by atoms with E-state index in [9.17, 15) is 22.7 Å². The first kappa shape index (κ1) is 21.8. The van der Waals surface area contributed by atoms with Gasteiger partial charge >= 0.3 is 6.36 Å². The predicted molar refractivity (Wildman–Crippen MR) is 99.6 cm³/mol. The minimum Gasteiger partial charge on any atom is -0.403 e. The highest BCUT2D eigenvalue weighted by Gasteiger charge is 2.33. The monoisotopic (exact) mass is 402 g/mol. The zero-order valence-electron chi connectivity index (χ0n) is 15.7. The van der Waals surface area contributed by atoms with Crippen LogP contribution in [0, 0.1) is 23.6 Å². The van der Waals surface area contributed by atoms with E-state index in [2.05, 4.69) is 30.0 Å². The second-order valence-corrected chi connectivity index (χ2v) is 12.8. The topological polar surface area (TPSA) is 29.5 Å². The predicted octanol–water partition coefficient (Wildman–Crippen LogP) is 5.73. The maximum atomic E-state index is 13.7. The van der Waals surface area contributed by atoms with Crippen LogP contribution >= 0.6 is 0 Å². The summed E-state index contributed by atoms with van der Waals surface area (Å²) >= 11 is 0. The van der Waals surface area contributed by atoms with Crippen LogP contribution in [-0.4, -0.2) is 25.6 Å². The summed E-state index contributed by atoms with van der Waals surface area (Å²) in [6.45, 7) is 4.69. The van der Waals surface area contributed by atoms with Crippen LogP contribution in [0.2, 0.25) is 24.7 Å². The number of aliphatic hydroxyl groups is 1. The molecule has 1 atom stereocenters. The van der Waals surface area contributed by atoms with Gasteiger partial charge in [0.2, 0.25) is 0 Å². The second-order valence-electron chi connectivity index (χ2n) is 7.72. The van der Waals surface area contributed by atoms with Crippen molar-refractivity contribution in [3.63, 3.8) is 0 Å². The molecule has 0 saturated carbocycles. The van der Waals surface area contributed by atoms with Gasteiger partial charge in [-0.1, -0.05) is 62.7 Å². The number of benzene rings is 1. The van der Waals surface area contributed by atoms with Gasteiger partial charge in [-0.25, -0.2) is 4.39 Å². The van der Waals surface area contributed by atoms with Crippen LogP contribution in [0.25, 0.3) is 0 Å². The average Bonchev–Trinajstić information content (AvgIpc) is 2.57. The summed E-state index contributed by atoms with van der Waals surface area (Å²) in [4.78, 5) is 0. The number of hydrogen-bond acceptors (Lipinski definition) is 2. The Labute approximate surface area is 158 Å². The van der Waals surface area contributed by atoms with E-state index in [1.54, 1.807) is 0 Å². The maximum Gasteiger partial charge on any atom is 0.573 e. The van der Waals surface area contributed by atoms with Crippen molar-refractivity contribution < 1.29 is 27.4 Å². The van der Waals surface area contributed by atoms with Crippen molar-refractivity contribution in [2.24, 2.45) is 5.92 Å². The molecule has 1 fully saturated rings. The van der Waals surface area contributed by atoms with Gasteiger partial charge < -0.3 is 9.84 Å². The molecule has 2 nitrogen and oxygen atoms in total. The summed E-state index contributed by atoms with van der Waals surface area (Å²) in [5.74, 6) is 3.73. The van der Waals surface area contributed by atoms with Gasteiger partial charge in [-0.2, -0.15) is 0 Å². The summed E-state index contributed by atoms with van der Waals surface area (Å²) < 4.78 is 53.7. The van der Waals surface area contributed by atoms with Crippen LogP contribution in [0.1, 0.15) is 38.2 Å². The van der Waals surface area contributed by atoms with Crippen LogP contribution in [0.15, 0.2) is 18.2 Å². The lowest BCUT2D eigenvalue weighted by Crippen LogP contribution is -2.35. The van der Waals surface area contributed by atoms with Gasteiger partial charge in [0.25, 0.3) is 0 Å². The zero-order valence-corrected chi connectivity index (χ0v) is 16.7. The fourth-order valence-electron chi connectivity index (χ4n) is 3.79.